The Kier molecular flexibility index (Phi) is 9.13. The summed E-state index contributed by atoms with van der Waals surface area (Å²) in [6.07, 6.45) is 3.09. The first-order chi connectivity index (χ1) is 9.59. The number of nitrogens with one attached hydrogen (secondary N) is 1. The van der Waals surface area contributed by atoms with Crippen LogP contribution >= 0.6 is 21.6 Å². The summed E-state index contributed by atoms with van der Waals surface area (Å²) in [7, 11) is 3.13. The summed E-state index contributed by atoms with van der Waals surface area (Å²) in [5, 5.41) is 11.4. The fourth-order valence-electron chi connectivity index (χ4n) is 2.03. The number of carbonyl (C=O) groups excluding carboxylic acids is 1. The highest BCUT2D eigenvalue weighted by molar-refractivity contribution is 8.76. The van der Waals surface area contributed by atoms with E-state index >= 15 is 0 Å². The van der Waals surface area contributed by atoms with Gasteiger partial charge in [-0.2, -0.15) is 0 Å². The van der Waals surface area contributed by atoms with E-state index in [4.69, 9.17) is 9.84 Å². The van der Waals surface area contributed by atoms with Crippen LogP contribution in [0, 0.1) is 5.92 Å². The zero-order valence-electron chi connectivity index (χ0n) is 11.8. The topological polar surface area (TPSA) is 75.6 Å². The second-order valence-corrected chi connectivity index (χ2v) is 7.57. The third-order valence-electron chi connectivity index (χ3n) is 3.10. The predicted molar refractivity (Wildman–Crippen MR) is 82.9 cm³/mol. The maximum Gasteiger partial charge on any atom is 0.304 e. The average Bonchev–Trinajstić information content (AvgIpc) is 2.91. The molecule has 0 aromatic heterocycles. The van der Waals surface area contributed by atoms with Crippen LogP contribution in [0.2, 0.25) is 0 Å². The maximum atomic E-state index is 11.7. The van der Waals surface area contributed by atoms with E-state index < -0.39 is 5.97 Å². The molecule has 7 heteroatoms. The summed E-state index contributed by atoms with van der Waals surface area (Å²) in [4.78, 5) is 22.0. The van der Waals surface area contributed by atoms with Crippen molar-refractivity contribution in [1.29, 1.82) is 0 Å². The Labute approximate surface area is 128 Å². The molecule has 0 aromatic carbocycles. The molecule has 1 rings (SSSR count). The van der Waals surface area contributed by atoms with Crippen LogP contribution in [0.4, 0.5) is 0 Å². The summed E-state index contributed by atoms with van der Waals surface area (Å²) in [5.41, 5.74) is 0. The van der Waals surface area contributed by atoms with Crippen LogP contribution in [0.15, 0.2) is 0 Å². The second-order valence-electron chi connectivity index (χ2n) is 4.87. The van der Waals surface area contributed by atoms with Crippen molar-refractivity contribution in [3.63, 3.8) is 0 Å². The normalized spacial score (nSPS) is 19.8. The molecule has 1 aliphatic rings. The van der Waals surface area contributed by atoms with E-state index in [9.17, 15) is 9.59 Å². The fourth-order valence-corrected chi connectivity index (χ4v) is 3.91. The largest absolute Gasteiger partial charge is 0.481 e. The molecular weight excluding hydrogens is 298 g/mol. The van der Waals surface area contributed by atoms with Crippen LogP contribution in [-0.4, -0.2) is 47.7 Å². The van der Waals surface area contributed by atoms with Gasteiger partial charge in [0, 0.05) is 31.1 Å². The van der Waals surface area contributed by atoms with Crippen molar-refractivity contribution in [2.24, 2.45) is 5.92 Å². The van der Waals surface area contributed by atoms with E-state index in [0.29, 0.717) is 18.7 Å². The molecule has 2 unspecified atom stereocenters. The van der Waals surface area contributed by atoms with Gasteiger partial charge in [0.2, 0.25) is 5.91 Å². The third kappa shape index (κ3) is 8.01. The van der Waals surface area contributed by atoms with E-state index in [1.807, 2.05) is 0 Å². The van der Waals surface area contributed by atoms with Gasteiger partial charge in [0.25, 0.3) is 0 Å². The van der Waals surface area contributed by atoms with Gasteiger partial charge in [-0.15, -0.1) is 0 Å². The summed E-state index contributed by atoms with van der Waals surface area (Å²) in [6.45, 7) is 3.51. The second kappa shape index (κ2) is 10.3. The van der Waals surface area contributed by atoms with Crippen LogP contribution in [0.5, 0.6) is 0 Å². The molecule has 1 fully saturated rings. The first kappa shape index (κ1) is 17.7. The molecular formula is C13H23NO4S2. The van der Waals surface area contributed by atoms with Gasteiger partial charge in [0.1, 0.15) is 0 Å². The molecule has 20 heavy (non-hydrogen) atoms. The molecule has 0 radical (unpaired) electrons. The fraction of sp³-hybridized carbons (Fsp3) is 0.846. The molecule has 5 nitrogen and oxygen atoms in total. The molecule has 1 heterocycles. The van der Waals surface area contributed by atoms with Crippen molar-refractivity contribution in [3.8, 4) is 0 Å². The quantitative estimate of drug-likeness (QED) is 0.474. The molecule has 0 spiro atoms. The molecule has 2 N–H and O–H groups in total. The number of amides is 1. The smallest absolute Gasteiger partial charge is 0.304 e. The predicted octanol–water partition coefficient (Wildman–Crippen LogP) is 2.16. The van der Waals surface area contributed by atoms with Gasteiger partial charge in [-0.05, 0) is 18.8 Å². The van der Waals surface area contributed by atoms with Crippen molar-refractivity contribution in [1.82, 2.24) is 5.32 Å². The average molecular weight is 321 g/mol. The number of aliphatic carboxylic acids is 1. The van der Waals surface area contributed by atoms with Crippen molar-refractivity contribution < 1.29 is 19.4 Å². The Bertz CT molecular complexity index is 309. The highest BCUT2D eigenvalue weighted by Gasteiger charge is 2.23. The van der Waals surface area contributed by atoms with Gasteiger partial charge < -0.3 is 15.2 Å². The number of carboxylic acids is 1. The van der Waals surface area contributed by atoms with Gasteiger partial charge in [-0.3, -0.25) is 9.59 Å². The van der Waals surface area contributed by atoms with Crippen LogP contribution in [-0.2, 0) is 14.3 Å². The van der Waals surface area contributed by atoms with E-state index in [0.717, 1.165) is 25.2 Å². The van der Waals surface area contributed by atoms with Crippen LogP contribution in [0.25, 0.3) is 0 Å². The van der Waals surface area contributed by atoms with E-state index in [1.165, 1.54) is 10.8 Å². The monoisotopic (exact) mass is 321 g/mol. The van der Waals surface area contributed by atoms with Crippen molar-refractivity contribution >= 4 is 33.5 Å². The maximum absolute atomic E-state index is 11.7. The standard InChI is InChI=1S/C13H23NO4S2/c1-10(11-3-2-6-18-11)9-12(15)14-5-8-20-19-7-4-13(16)17/h10-11H,2-9H2,1H3,(H,14,15)(H,16,17). The molecule has 1 saturated heterocycles. The summed E-state index contributed by atoms with van der Waals surface area (Å²) in [5.74, 6) is 0.975. The van der Waals surface area contributed by atoms with Gasteiger partial charge in [-0.1, -0.05) is 28.5 Å². The molecule has 0 aliphatic carbocycles. The zero-order chi connectivity index (χ0) is 14.8. The minimum absolute atomic E-state index is 0.0733. The first-order valence-corrected chi connectivity index (χ1v) is 9.43. The molecule has 0 saturated carbocycles. The first-order valence-electron chi connectivity index (χ1n) is 6.94. The van der Waals surface area contributed by atoms with Gasteiger partial charge in [0.05, 0.1) is 12.5 Å². The van der Waals surface area contributed by atoms with E-state index in [2.05, 4.69) is 12.2 Å². The molecule has 116 valence electrons. The highest BCUT2D eigenvalue weighted by Crippen LogP contribution is 2.23. The lowest BCUT2D eigenvalue weighted by molar-refractivity contribution is -0.136. The van der Waals surface area contributed by atoms with Gasteiger partial charge in [-0.25, -0.2) is 0 Å². The minimum Gasteiger partial charge on any atom is -0.481 e. The molecule has 1 amide bonds. The lowest BCUT2D eigenvalue weighted by atomic mass is 9.98. The number of ether oxygens (including phenoxy) is 1. The summed E-state index contributed by atoms with van der Waals surface area (Å²) in [6, 6.07) is 0. The van der Waals surface area contributed by atoms with Gasteiger partial charge in [0.15, 0.2) is 0 Å². The lowest BCUT2D eigenvalue weighted by Crippen LogP contribution is -2.30. The Morgan fingerprint density at radius 2 is 2.15 bits per heavy atom. The summed E-state index contributed by atoms with van der Waals surface area (Å²) >= 11 is 0. The Balaban J connectivity index is 1.95. The Morgan fingerprint density at radius 1 is 1.40 bits per heavy atom. The Hall–Kier alpha value is -0.400. The highest BCUT2D eigenvalue weighted by atomic mass is 33.1. The van der Waals surface area contributed by atoms with Gasteiger partial charge >= 0.3 is 5.97 Å². The minimum atomic E-state index is -0.769. The van der Waals surface area contributed by atoms with Crippen molar-refractivity contribution in [2.75, 3.05) is 24.7 Å². The number of carbonyl (C=O) groups is 2. The van der Waals surface area contributed by atoms with E-state index in [-0.39, 0.29) is 24.3 Å². The summed E-state index contributed by atoms with van der Waals surface area (Å²) < 4.78 is 5.57. The SMILES string of the molecule is CC(CC(=O)NCCSSCCC(=O)O)C1CCCO1. The van der Waals surface area contributed by atoms with Crippen LogP contribution in [0.1, 0.15) is 32.6 Å². The lowest BCUT2D eigenvalue weighted by Gasteiger charge is -2.17. The number of hydrogen-bond acceptors (Lipinski definition) is 5. The third-order valence-corrected chi connectivity index (χ3v) is 5.51. The van der Waals surface area contributed by atoms with Crippen molar-refractivity contribution in [2.45, 2.75) is 38.7 Å². The Morgan fingerprint density at radius 3 is 2.80 bits per heavy atom. The molecule has 1 aliphatic heterocycles. The zero-order valence-corrected chi connectivity index (χ0v) is 13.4. The number of hydrogen-bond donors (Lipinski definition) is 2. The molecule has 0 bridgehead atoms. The van der Waals surface area contributed by atoms with Crippen LogP contribution < -0.4 is 5.32 Å². The molecule has 2 atom stereocenters. The van der Waals surface area contributed by atoms with Crippen molar-refractivity contribution in [3.05, 3.63) is 0 Å². The number of carboxylic acid groups (broad SMARTS) is 1. The van der Waals surface area contributed by atoms with Crippen LogP contribution in [0.3, 0.4) is 0 Å². The van der Waals surface area contributed by atoms with E-state index in [1.54, 1.807) is 10.8 Å². The molecule has 0 aromatic rings. The number of rotatable bonds is 10.